The van der Waals surface area contributed by atoms with Crippen LogP contribution in [0.2, 0.25) is 10.0 Å². The van der Waals surface area contributed by atoms with Crippen LogP contribution in [0.5, 0.6) is 0 Å². The standard InChI is InChI=1S/C27H27ClN6OS.C24H19BrClN3OS/c1-33-11-13-34(14-12-33)17-19-4-6-20(7-5-19)26(35)30-22-8-9-23(28)24(15-22)31-27-32-25(18-36-27)21-3-2-10-29-16-21;1-14-6-11-20(27-23(30)17-4-3-5-18(25)12-17)13-21(14)28-24-29-22(15(2)31-24)16-7-9-19(26)10-8-16/h2-10,15-16,18H,11-14,17H2,1H3,(H,30,35)(H,31,32);3-13H,1-2H3,(H,27,30)(H,28,29). The van der Waals surface area contributed by atoms with Gasteiger partial charge in [0, 0.05) is 104 Å². The molecule has 1 saturated heterocycles. The third kappa shape index (κ3) is 12.9. The van der Waals surface area contributed by atoms with Gasteiger partial charge in [0.15, 0.2) is 10.3 Å². The number of nitrogens with one attached hydrogen (secondary N) is 4. The van der Waals surface area contributed by atoms with Crippen molar-refractivity contribution < 1.29 is 9.59 Å². The molecule has 340 valence electrons. The van der Waals surface area contributed by atoms with E-state index in [1.54, 1.807) is 48.0 Å². The maximum absolute atomic E-state index is 12.9. The van der Waals surface area contributed by atoms with Gasteiger partial charge in [-0.05, 0) is 117 Å². The Morgan fingerprint density at radius 1 is 0.716 bits per heavy atom. The van der Waals surface area contributed by atoms with Crippen molar-refractivity contribution in [3.63, 3.8) is 0 Å². The van der Waals surface area contributed by atoms with Gasteiger partial charge in [-0.2, -0.15) is 0 Å². The summed E-state index contributed by atoms with van der Waals surface area (Å²) in [7, 11) is 2.16. The normalized spacial score (nSPS) is 12.7. The van der Waals surface area contributed by atoms with E-state index in [2.05, 4.69) is 64.0 Å². The van der Waals surface area contributed by atoms with E-state index in [9.17, 15) is 9.59 Å². The van der Waals surface area contributed by atoms with Gasteiger partial charge in [0.2, 0.25) is 0 Å². The summed E-state index contributed by atoms with van der Waals surface area (Å²) < 4.78 is 0.863. The van der Waals surface area contributed by atoms with Crippen molar-refractivity contribution in [1.29, 1.82) is 0 Å². The lowest BCUT2D eigenvalue weighted by atomic mass is 10.1. The second-order valence-corrected chi connectivity index (χ2v) is 19.7. The summed E-state index contributed by atoms with van der Waals surface area (Å²) in [6.07, 6.45) is 3.51. The molecule has 1 aliphatic rings. The van der Waals surface area contributed by atoms with Crippen molar-refractivity contribution in [2.45, 2.75) is 20.4 Å². The fourth-order valence-electron chi connectivity index (χ4n) is 7.13. The average molecular weight is 1030 g/mol. The highest BCUT2D eigenvalue weighted by molar-refractivity contribution is 9.10. The molecule has 0 atom stereocenters. The predicted molar refractivity (Wildman–Crippen MR) is 281 cm³/mol. The van der Waals surface area contributed by atoms with E-state index in [-0.39, 0.29) is 11.8 Å². The molecule has 4 N–H and O–H groups in total. The summed E-state index contributed by atoms with van der Waals surface area (Å²) in [4.78, 5) is 44.9. The minimum Gasteiger partial charge on any atom is -0.331 e. The van der Waals surface area contributed by atoms with Gasteiger partial charge in [0.25, 0.3) is 11.8 Å². The number of benzene rings is 5. The van der Waals surface area contributed by atoms with Crippen molar-refractivity contribution in [3.05, 3.63) is 181 Å². The van der Waals surface area contributed by atoms with Crippen LogP contribution in [0.4, 0.5) is 33.0 Å². The highest BCUT2D eigenvalue weighted by Gasteiger charge is 2.16. The highest BCUT2D eigenvalue weighted by Crippen LogP contribution is 2.35. The number of hydrogen-bond acceptors (Lipinski definition) is 11. The molecule has 4 heterocycles. The number of likely N-dealkylation sites (N-methyl/N-ethyl adjacent to an activating group) is 1. The number of nitrogens with zero attached hydrogens (tertiary/aromatic N) is 5. The fourth-order valence-corrected chi connectivity index (χ4v) is 9.40. The molecule has 0 saturated carbocycles. The number of aromatic nitrogens is 3. The fraction of sp³-hybridized carbons (Fsp3) is 0.157. The van der Waals surface area contributed by atoms with Crippen molar-refractivity contribution in [2.24, 2.45) is 0 Å². The van der Waals surface area contributed by atoms with Crippen LogP contribution in [0.25, 0.3) is 22.5 Å². The number of rotatable bonds is 12. The Morgan fingerprint density at radius 3 is 2.13 bits per heavy atom. The first-order chi connectivity index (χ1) is 32.4. The lowest BCUT2D eigenvalue weighted by molar-refractivity contribution is 0.101. The van der Waals surface area contributed by atoms with Crippen LogP contribution in [-0.2, 0) is 6.54 Å². The molecule has 8 aromatic rings. The Hall–Kier alpha value is -5.97. The van der Waals surface area contributed by atoms with Crippen LogP contribution in [-0.4, -0.2) is 69.8 Å². The number of amides is 2. The first kappa shape index (κ1) is 47.5. The average Bonchev–Trinajstić information content (AvgIpc) is 3.96. The van der Waals surface area contributed by atoms with E-state index in [0.29, 0.717) is 43.4 Å². The smallest absolute Gasteiger partial charge is 0.255 e. The second kappa shape index (κ2) is 22.2. The summed E-state index contributed by atoms with van der Waals surface area (Å²) in [6.45, 7) is 9.28. The lowest BCUT2D eigenvalue weighted by Gasteiger charge is -2.32. The molecule has 16 heteroatoms. The van der Waals surface area contributed by atoms with Gasteiger partial charge in [-0.3, -0.25) is 19.5 Å². The van der Waals surface area contributed by atoms with Crippen LogP contribution >= 0.6 is 61.8 Å². The molecular weight excluding hydrogens is 986 g/mol. The van der Waals surface area contributed by atoms with Crippen molar-refractivity contribution in [1.82, 2.24) is 24.8 Å². The first-order valence-electron chi connectivity index (χ1n) is 21.3. The zero-order chi connectivity index (χ0) is 46.9. The number of carbonyl (C=O) groups excluding carboxylic acids is 2. The number of thiazole rings is 2. The number of pyridine rings is 1. The maximum Gasteiger partial charge on any atom is 0.255 e. The molecule has 0 bridgehead atoms. The van der Waals surface area contributed by atoms with E-state index in [0.717, 1.165) is 81.0 Å². The van der Waals surface area contributed by atoms with Crippen LogP contribution in [0.1, 0.15) is 36.7 Å². The second-order valence-electron chi connectivity index (χ2n) is 15.9. The van der Waals surface area contributed by atoms with Crippen molar-refractivity contribution >= 4 is 107 Å². The van der Waals surface area contributed by atoms with Gasteiger partial charge in [0.1, 0.15) is 0 Å². The topological polar surface area (TPSA) is 127 Å². The molecule has 3 aromatic heterocycles. The Morgan fingerprint density at radius 2 is 1.42 bits per heavy atom. The molecule has 5 aromatic carbocycles. The van der Waals surface area contributed by atoms with Crippen molar-refractivity contribution in [2.75, 3.05) is 54.5 Å². The van der Waals surface area contributed by atoms with Gasteiger partial charge >= 0.3 is 0 Å². The predicted octanol–water partition coefficient (Wildman–Crippen LogP) is 13.4. The molecule has 67 heavy (non-hydrogen) atoms. The Balaban J connectivity index is 0.000000184. The minimum atomic E-state index is -0.164. The third-order valence-corrected chi connectivity index (χ3v) is 13.6. The number of piperazine rings is 1. The van der Waals surface area contributed by atoms with Gasteiger partial charge in [-0.25, -0.2) is 9.97 Å². The molecule has 11 nitrogen and oxygen atoms in total. The molecule has 0 radical (unpaired) electrons. The van der Waals surface area contributed by atoms with E-state index in [1.165, 1.54) is 16.9 Å². The number of anilines is 6. The number of hydrogen-bond donors (Lipinski definition) is 4. The maximum atomic E-state index is 12.9. The summed E-state index contributed by atoms with van der Waals surface area (Å²) in [5.74, 6) is -0.325. The lowest BCUT2D eigenvalue weighted by Crippen LogP contribution is -2.43. The van der Waals surface area contributed by atoms with Crippen LogP contribution in [0.3, 0.4) is 0 Å². The van der Waals surface area contributed by atoms with Crippen LogP contribution in [0.15, 0.2) is 144 Å². The molecular formula is C51H46BrCl2N9O2S2. The summed E-state index contributed by atoms with van der Waals surface area (Å²) in [5.41, 5.74) is 10.1. The molecule has 1 aliphatic heterocycles. The monoisotopic (exact) mass is 1030 g/mol. The van der Waals surface area contributed by atoms with Crippen LogP contribution in [0, 0.1) is 13.8 Å². The van der Waals surface area contributed by atoms with Gasteiger partial charge in [0.05, 0.1) is 22.1 Å². The Kier molecular flexibility index (Phi) is 15.8. The number of carbonyl (C=O) groups is 2. The van der Waals surface area contributed by atoms with E-state index in [4.69, 9.17) is 28.2 Å². The number of aryl methyl sites for hydroxylation is 2. The Labute approximate surface area is 416 Å². The zero-order valence-electron chi connectivity index (χ0n) is 36.8. The first-order valence-corrected chi connectivity index (χ1v) is 24.6. The van der Waals surface area contributed by atoms with Crippen LogP contribution < -0.4 is 21.3 Å². The SMILES string of the molecule is CN1CCN(Cc2ccc(C(=O)Nc3ccc(Cl)c(Nc4nc(-c5cccnc5)cs4)c3)cc2)CC1.Cc1ccc(NC(=O)c2cccc(Br)c2)cc1Nc1nc(-c2ccc(Cl)cc2)c(C)s1. The number of halogens is 3. The summed E-state index contributed by atoms with van der Waals surface area (Å²) in [5, 5.41) is 17.3. The quantitative estimate of drug-likeness (QED) is 0.0946. The summed E-state index contributed by atoms with van der Waals surface area (Å²) >= 11 is 18.9. The molecule has 9 rings (SSSR count). The van der Waals surface area contributed by atoms with E-state index >= 15 is 0 Å². The van der Waals surface area contributed by atoms with E-state index in [1.807, 2.05) is 116 Å². The molecule has 1 fully saturated rings. The summed E-state index contributed by atoms with van der Waals surface area (Å²) in [6, 6.07) is 37.8. The van der Waals surface area contributed by atoms with Gasteiger partial charge in [-0.1, -0.05) is 75.5 Å². The largest absolute Gasteiger partial charge is 0.331 e. The van der Waals surface area contributed by atoms with Gasteiger partial charge in [-0.15, -0.1) is 22.7 Å². The zero-order valence-corrected chi connectivity index (χ0v) is 41.5. The molecule has 2 amide bonds. The molecule has 0 unspecified atom stereocenters. The molecule has 0 aliphatic carbocycles. The molecule has 0 spiro atoms. The van der Waals surface area contributed by atoms with Crippen molar-refractivity contribution in [3.8, 4) is 22.5 Å². The minimum absolute atomic E-state index is 0.161. The van der Waals surface area contributed by atoms with E-state index < -0.39 is 0 Å². The highest BCUT2D eigenvalue weighted by atomic mass is 79.9. The Bertz CT molecular complexity index is 2980. The third-order valence-electron chi connectivity index (χ3n) is 10.9. The van der Waals surface area contributed by atoms with Gasteiger partial charge < -0.3 is 26.2 Å².